The Hall–Kier alpha value is -1.41. The van der Waals surface area contributed by atoms with Crippen LogP contribution in [0.25, 0.3) is 5.69 Å². The van der Waals surface area contributed by atoms with Gasteiger partial charge in [0.15, 0.2) is 0 Å². The maximum atomic E-state index is 9.34. The highest BCUT2D eigenvalue weighted by Crippen LogP contribution is 2.27. The van der Waals surface area contributed by atoms with Gasteiger partial charge in [0.25, 0.3) is 0 Å². The quantitative estimate of drug-likeness (QED) is 0.784. The minimum absolute atomic E-state index is 0.114. The fraction of sp³-hybridized carbons (Fsp3) is 0.167. The molecule has 0 atom stereocenters. The Morgan fingerprint density at radius 1 is 1.07 bits per heavy atom. The van der Waals surface area contributed by atoms with Crippen molar-refractivity contribution in [2.75, 3.05) is 0 Å². The number of aromatic hydroxyl groups is 1. The number of benzene rings is 1. The molecule has 0 aliphatic rings. The van der Waals surface area contributed by atoms with Gasteiger partial charge in [-0.2, -0.15) is 0 Å². The molecular formula is C12H12ClNO. The Balaban J connectivity index is 2.59. The lowest BCUT2D eigenvalue weighted by Crippen LogP contribution is -1.98. The summed E-state index contributed by atoms with van der Waals surface area (Å²) in [6, 6.07) is 9.32. The first-order valence-electron chi connectivity index (χ1n) is 4.73. The van der Waals surface area contributed by atoms with Crippen molar-refractivity contribution < 1.29 is 5.11 Å². The highest BCUT2D eigenvalue weighted by molar-refractivity contribution is 6.32. The minimum Gasteiger partial charge on any atom is -0.506 e. The van der Waals surface area contributed by atoms with E-state index in [9.17, 15) is 5.11 Å². The van der Waals surface area contributed by atoms with Gasteiger partial charge in [-0.25, -0.2) is 0 Å². The molecule has 0 unspecified atom stereocenters. The molecule has 15 heavy (non-hydrogen) atoms. The van der Waals surface area contributed by atoms with E-state index in [4.69, 9.17) is 11.6 Å². The molecule has 0 aliphatic carbocycles. The third-order valence-electron chi connectivity index (χ3n) is 2.46. The normalized spacial score (nSPS) is 10.6. The van der Waals surface area contributed by atoms with Crippen LogP contribution in [0.5, 0.6) is 5.75 Å². The molecule has 0 fully saturated rings. The number of phenolic OH excluding ortho intramolecular Hbond substituents is 1. The van der Waals surface area contributed by atoms with E-state index >= 15 is 0 Å². The molecule has 1 aromatic carbocycles. The van der Waals surface area contributed by atoms with Crippen molar-refractivity contribution in [2.45, 2.75) is 13.8 Å². The molecule has 1 N–H and O–H groups in total. The maximum Gasteiger partial charge on any atom is 0.134 e. The molecule has 1 heterocycles. The molecule has 0 bridgehead atoms. The molecule has 0 saturated heterocycles. The number of aromatic nitrogens is 1. The van der Waals surface area contributed by atoms with Crippen LogP contribution in [0.4, 0.5) is 0 Å². The maximum absolute atomic E-state index is 9.34. The largest absolute Gasteiger partial charge is 0.506 e. The second kappa shape index (κ2) is 3.63. The topological polar surface area (TPSA) is 25.2 Å². The summed E-state index contributed by atoms with van der Waals surface area (Å²) >= 11 is 5.87. The van der Waals surface area contributed by atoms with Crippen molar-refractivity contribution in [1.82, 2.24) is 4.57 Å². The predicted molar refractivity (Wildman–Crippen MR) is 61.9 cm³/mol. The fourth-order valence-electron chi connectivity index (χ4n) is 1.71. The third kappa shape index (κ3) is 1.73. The molecule has 0 saturated carbocycles. The van der Waals surface area contributed by atoms with Crippen LogP contribution in [-0.4, -0.2) is 9.67 Å². The Morgan fingerprint density at radius 2 is 1.67 bits per heavy atom. The van der Waals surface area contributed by atoms with E-state index in [2.05, 4.69) is 16.7 Å². The monoisotopic (exact) mass is 221 g/mol. The number of hydrogen-bond acceptors (Lipinski definition) is 1. The van der Waals surface area contributed by atoms with Crippen LogP contribution in [0.15, 0.2) is 30.3 Å². The summed E-state index contributed by atoms with van der Waals surface area (Å²) < 4.78 is 2.09. The van der Waals surface area contributed by atoms with E-state index in [0.29, 0.717) is 5.02 Å². The van der Waals surface area contributed by atoms with Crippen LogP contribution in [0, 0.1) is 13.8 Å². The van der Waals surface area contributed by atoms with E-state index in [1.165, 1.54) is 0 Å². The Morgan fingerprint density at radius 3 is 2.20 bits per heavy atom. The summed E-state index contributed by atoms with van der Waals surface area (Å²) in [5, 5.41) is 9.71. The first kappa shape index (κ1) is 10.1. The van der Waals surface area contributed by atoms with Crippen molar-refractivity contribution in [3.63, 3.8) is 0 Å². The van der Waals surface area contributed by atoms with Gasteiger partial charge in [-0.05, 0) is 44.2 Å². The SMILES string of the molecule is Cc1ccc(C)n1-c1ccc(O)c(Cl)c1. The lowest BCUT2D eigenvalue weighted by atomic mass is 10.3. The first-order valence-corrected chi connectivity index (χ1v) is 5.11. The van der Waals surface area contributed by atoms with Crippen molar-refractivity contribution >= 4 is 11.6 Å². The molecule has 78 valence electrons. The zero-order valence-electron chi connectivity index (χ0n) is 8.66. The van der Waals surface area contributed by atoms with Crippen LogP contribution < -0.4 is 0 Å². The molecule has 1 aromatic heterocycles. The first-order chi connectivity index (χ1) is 7.09. The Labute approximate surface area is 93.7 Å². The molecule has 2 rings (SSSR count). The molecule has 3 heteroatoms. The van der Waals surface area contributed by atoms with Gasteiger partial charge in [-0.3, -0.25) is 0 Å². The van der Waals surface area contributed by atoms with E-state index in [1.807, 2.05) is 19.9 Å². The second-order valence-electron chi connectivity index (χ2n) is 3.59. The van der Waals surface area contributed by atoms with Gasteiger partial charge in [0, 0.05) is 17.1 Å². The van der Waals surface area contributed by atoms with E-state index in [0.717, 1.165) is 17.1 Å². The highest BCUT2D eigenvalue weighted by atomic mass is 35.5. The van der Waals surface area contributed by atoms with Crippen LogP contribution in [0.3, 0.4) is 0 Å². The van der Waals surface area contributed by atoms with Gasteiger partial charge >= 0.3 is 0 Å². The number of hydrogen-bond donors (Lipinski definition) is 1. The Bertz CT molecular complexity index is 483. The number of rotatable bonds is 1. The second-order valence-corrected chi connectivity index (χ2v) is 3.99. The summed E-state index contributed by atoms with van der Waals surface area (Å²) in [5.74, 6) is 0.114. The number of nitrogens with zero attached hydrogens (tertiary/aromatic N) is 1. The zero-order valence-corrected chi connectivity index (χ0v) is 9.42. The van der Waals surface area contributed by atoms with E-state index in [1.54, 1.807) is 12.1 Å². The van der Waals surface area contributed by atoms with Crippen LogP contribution in [-0.2, 0) is 0 Å². The van der Waals surface area contributed by atoms with Gasteiger partial charge in [-0.15, -0.1) is 0 Å². The van der Waals surface area contributed by atoms with Crippen molar-refractivity contribution in [3.05, 3.63) is 46.7 Å². The predicted octanol–water partition coefficient (Wildman–Crippen LogP) is 3.45. The van der Waals surface area contributed by atoms with Gasteiger partial charge in [0.1, 0.15) is 5.75 Å². The van der Waals surface area contributed by atoms with Gasteiger partial charge in [-0.1, -0.05) is 11.6 Å². The highest BCUT2D eigenvalue weighted by Gasteiger charge is 2.05. The molecule has 0 aliphatic heterocycles. The number of phenols is 1. The van der Waals surface area contributed by atoms with E-state index < -0.39 is 0 Å². The average Bonchev–Trinajstić information content (AvgIpc) is 2.52. The molecule has 0 radical (unpaired) electrons. The zero-order chi connectivity index (χ0) is 11.0. The van der Waals surface area contributed by atoms with Crippen molar-refractivity contribution in [3.8, 4) is 11.4 Å². The fourth-order valence-corrected chi connectivity index (χ4v) is 1.89. The molecule has 2 nitrogen and oxygen atoms in total. The minimum atomic E-state index is 0.114. The molecular weight excluding hydrogens is 210 g/mol. The summed E-state index contributed by atoms with van der Waals surface area (Å²) in [5.41, 5.74) is 3.27. The smallest absolute Gasteiger partial charge is 0.134 e. The summed E-state index contributed by atoms with van der Waals surface area (Å²) in [7, 11) is 0. The van der Waals surface area contributed by atoms with Gasteiger partial charge in [0.05, 0.1) is 5.02 Å². The molecule has 0 spiro atoms. The molecule has 0 amide bonds. The van der Waals surface area contributed by atoms with Crippen molar-refractivity contribution in [2.24, 2.45) is 0 Å². The molecule has 2 aromatic rings. The Kier molecular flexibility index (Phi) is 2.45. The number of aryl methyl sites for hydroxylation is 2. The van der Waals surface area contributed by atoms with Gasteiger partial charge in [0.2, 0.25) is 0 Å². The summed E-state index contributed by atoms with van der Waals surface area (Å²) in [4.78, 5) is 0. The van der Waals surface area contributed by atoms with Crippen LogP contribution in [0.1, 0.15) is 11.4 Å². The van der Waals surface area contributed by atoms with E-state index in [-0.39, 0.29) is 5.75 Å². The summed E-state index contributed by atoms with van der Waals surface area (Å²) in [6.07, 6.45) is 0. The lowest BCUT2D eigenvalue weighted by Gasteiger charge is -2.10. The van der Waals surface area contributed by atoms with Gasteiger partial charge < -0.3 is 9.67 Å². The standard InChI is InChI=1S/C12H12ClNO/c1-8-3-4-9(2)14(8)10-5-6-12(15)11(13)7-10/h3-7,15H,1-2H3. The number of halogens is 1. The third-order valence-corrected chi connectivity index (χ3v) is 2.76. The average molecular weight is 222 g/mol. The van der Waals surface area contributed by atoms with Crippen LogP contribution >= 0.6 is 11.6 Å². The van der Waals surface area contributed by atoms with Crippen LogP contribution in [0.2, 0.25) is 5.02 Å². The lowest BCUT2D eigenvalue weighted by molar-refractivity contribution is 0.475. The van der Waals surface area contributed by atoms with Crippen molar-refractivity contribution in [1.29, 1.82) is 0 Å². The summed E-state index contributed by atoms with van der Waals surface area (Å²) in [6.45, 7) is 4.07.